The summed E-state index contributed by atoms with van der Waals surface area (Å²) in [5, 5.41) is 0. The SMILES string of the molecule is Cc1ccc(CN)cc1OC1CCN(C)CC1. The number of hydrogen-bond donors (Lipinski definition) is 1. The van der Waals surface area contributed by atoms with Crippen molar-refractivity contribution in [1.29, 1.82) is 0 Å². The highest BCUT2D eigenvalue weighted by Crippen LogP contribution is 2.23. The van der Waals surface area contributed by atoms with Crippen LogP contribution in [0.5, 0.6) is 5.75 Å². The molecule has 0 saturated carbocycles. The number of benzene rings is 1. The number of likely N-dealkylation sites (tertiary alicyclic amines) is 1. The van der Waals surface area contributed by atoms with Crippen molar-refractivity contribution in [2.24, 2.45) is 5.73 Å². The molecule has 1 aromatic rings. The minimum atomic E-state index is 0.359. The van der Waals surface area contributed by atoms with Gasteiger partial charge in [-0.25, -0.2) is 0 Å². The molecule has 1 aliphatic rings. The lowest BCUT2D eigenvalue weighted by atomic mass is 10.1. The lowest BCUT2D eigenvalue weighted by molar-refractivity contribution is 0.113. The van der Waals surface area contributed by atoms with Crippen LogP contribution < -0.4 is 10.5 Å². The van der Waals surface area contributed by atoms with Crippen molar-refractivity contribution < 1.29 is 4.74 Å². The Hall–Kier alpha value is -1.06. The fourth-order valence-corrected chi connectivity index (χ4v) is 2.18. The van der Waals surface area contributed by atoms with E-state index in [1.807, 2.05) is 0 Å². The first-order chi connectivity index (χ1) is 8.19. The maximum atomic E-state index is 6.09. The summed E-state index contributed by atoms with van der Waals surface area (Å²) >= 11 is 0. The summed E-state index contributed by atoms with van der Waals surface area (Å²) in [5.41, 5.74) is 7.99. The number of rotatable bonds is 3. The zero-order chi connectivity index (χ0) is 12.3. The van der Waals surface area contributed by atoms with Crippen LogP contribution in [0.2, 0.25) is 0 Å². The molecule has 0 unspecified atom stereocenters. The lowest BCUT2D eigenvalue weighted by Crippen LogP contribution is -2.35. The first-order valence-corrected chi connectivity index (χ1v) is 6.34. The van der Waals surface area contributed by atoms with Crippen LogP contribution in [-0.2, 0) is 6.54 Å². The Kier molecular flexibility index (Phi) is 4.02. The van der Waals surface area contributed by atoms with Gasteiger partial charge in [-0.2, -0.15) is 0 Å². The number of nitrogens with zero attached hydrogens (tertiary/aromatic N) is 1. The normalized spacial score (nSPS) is 18.3. The van der Waals surface area contributed by atoms with Gasteiger partial charge in [0, 0.05) is 19.6 Å². The molecule has 0 atom stereocenters. The molecule has 0 bridgehead atoms. The average Bonchev–Trinajstić information content (AvgIpc) is 2.35. The molecule has 1 aromatic carbocycles. The molecule has 0 spiro atoms. The second-order valence-electron chi connectivity index (χ2n) is 4.92. The van der Waals surface area contributed by atoms with Crippen molar-refractivity contribution >= 4 is 0 Å². The van der Waals surface area contributed by atoms with Gasteiger partial charge in [-0.05, 0) is 44.0 Å². The van der Waals surface area contributed by atoms with Crippen LogP contribution in [0.4, 0.5) is 0 Å². The fraction of sp³-hybridized carbons (Fsp3) is 0.571. The summed E-state index contributed by atoms with van der Waals surface area (Å²) in [6, 6.07) is 6.23. The summed E-state index contributed by atoms with van der Waals surface area (Å²) in [6.07, 6.45) is 2.59. The van der Waals surface area contributed by atoms with Gasteiger partial charge in [-0.1, -0.05) is 12.1 Å². The molecule has 1 fully saturated rings. The van der Waals surface area contributed by atoms with E-state index in [1.165, 1.54) is 5.56 Å². The second kappa shape index (κ2) is 5.52. The second-order valence-corrected chi connectivity index (χ2v) is 4.92. The first-order valence-electron chi connectivity index (χ1n) is 6.34. The third-order valence-corrected chi connectivity index (χ3v) is 3.45. The summed E-state index contributed by atoms with van der Waals surface area (Å²) < 4.78 is 6.09. The Balaban J connectivity index is 2.02. The zero-order valence-electron chi connectivity index (χ0n) is 10.8. The number of ether oxygens (including phenoxy) is 1. The standard InChI is InChI=1S/C14H22N2O/c1-11-3-4-12(10-15)9-14(11)17-13-5-7-16(2)8-6-13/h3-4,9,13H,5-8,10,15H2,1-2H3. The molecule has 3 heteroatoms. The van der Waals surface area contributed by atoms with Crippen LogP contribution >= 0.6 is 0 Å². The van der Waals surface area contributed by atoms with Crippen molar-refractivity contribution in [2.45, 2.75) is 32.4 Å². The van der Waals surface area contributed by atoms with Gasteiger partial charge in [-0.15, -0.1) is 0 Å². The maximum Gasteiger partial charge on any atom is 0.122 e. The molecule has 3 nitrogen and oxygen atoms in total. The minimum Gasteiger partial charge on any atom is -0.490 e. The molecule has 0 aromatic heterocycles. The molecule has 0 aliphatic carbocycles. The van der Waals surface area contributed by atoms with Crippen LogP contribution in [-0.4, -0.2) is 31.1 Å². The van der Waals surface area contributed by atoms with Crippen molar-refractivity contribution in [3.05, 3.63) is 29.3 Å². The first kappa shape index (κ1) is 12.4. The highest BCUT2D eigenvalue weighted by molar-refractivity contribution is 5.36. The molecule has 0 radical (unpaired) electrons. The Bertz CT molecular complexity index is 370. The number of piperidine rings is 1. The number of nitrogens with two attached hydrogens (primary N) is 1. The summed E-state index contributed by atoms with van der Waals surface area (Å²) in [4.78, 5) is 2.35. The van der Waals surface area contributed by atoms with Gasteiger partial charge in [0.05, 0.1) is 0 Å². The lowest BCUT2D eigenvalue weighted by Gasteiger charge is -2.29. The Morgan fingerprint density at radius 3 is 2.71 bits per heavy atom. The van der Waals surface area contributed by atoms with Crippen LogP contribution in [0, 0.1) is 6.92 Å². The monoisotopic (exact) mass is 234 g/mol. The Morgan fingerprint density at radius 2 is 2.06 bits per heavy atom. The van der Waals surface area contributed by atoms with E-state index >= 15 is 0 Å². The third kappa shape index (κ3) is 3.20. The molecule has 2 rings (SSSR count). The van der Waals surface area contributed by atoms with E-state index in [4.69, 9.17) is 10.5 Å². The number of hydrogen-bond acceptors (Lipinski definition) is 3. The van der Waals surface area contributed by atoms with Gasteiger partial charge >= 0.3 is 0 Å². The van der Waals surface area contributed by atoms with E-state index < -0.39 is 0 Å². The van der Waals surface area contributed by atoms with Crippen LogP contribution in [0.1, 0.15) is 24.0 Å². The van der Waals surface area contributed by atoms with E-state index in [2.05, 4.69) is 37.1 Å². The van der Waals surface area contributed by atoms with E-state index in [0.717, 1.165) is 37.2 Å². The molecule has 94 valence electrons. The van der Waals surface area contributed by atoms with E-state index in [9.17, 15) is 0 Å². The smallest absolute Gasteiger partial charge is 0.122 e. The summed E-state index contributed by atoms with van der Waals surface area (Å²) in [7, 11) is 2.16. The van der Waals surface area contributed by atoms with Crippen molar-refractivity contribution in [2.75, 3.05) is 20.1 Å². The minimum absolute atomic E-state index is 0.359. The van der Waals surface area contributed by atoms with Gasteiger partial charge in [0.1, 0.15) is 11.9 Å². The van der Waals surface area contributed by atoms with Crippen LogP contribution in [0.15, 0.2) is 18.2 Å². The van der Waals surface area contributed by atoms with E-state index in [0.29, 0.717) is 12.6 Å². The molecule has 1 saturated heterocycles. The molecular formula is C14H22N2O. The van der Waals surface area contributed by atoms with Gasteiger partial charge in [-0.3, -0.25) is 0 Å². The van der Waals surface area contributed by atoms with E-state index in [-0.39, 0.29) is 0 Å². The average molecular weight is 234 g/mol. The fourth-order valence-electron chi connectivity index (χ4n) is 2.18. The van der Waals surface area contributed by atoms with Crippen LogP contribution in [0.25, 0.3) is 0 Å². The van der Waals surface area contributed by atoms with Gasteiger partial charge in [0.15, 0.2) is 0 Å². The van der Waals surface area contributed by atoms with Crippen molar-refractivity contribution in [3.8, 4) is 5.75 Å². The molecule has 17 heavy (non-hydrogen) atoms. The van der Waals surface area contributed by atoms with Gasteiger partial charge in [0.25, 0.3) is 0 Å². The molecule has 0 amide bonds. The summed E-state index contributed by atoms with van der Waals surface area (Å²) in [5.74, 6) is 1.00. The highest BCUT2D eigenvalue weighted by Gasteiger charge is 2.18. The topological polar surface area (TPSA) is 38.5 Å². The number of aryl methyl sites for hydroxylation is 1. The maximum absolute atomic E-state index is 6.09. The summed E-state index contributed by atoms with van der Waals surface area (Å²) in [6.45, 7) is 4.91. The third-order valence-electron chi connectivity index (χ3n) is 3.45. The van der Waals surface area contributed by atoms with Crippen molar-refractivity contribution in [3.63, 3.8) is 0 Å². The zero-order valence-corrected chi connectivity index (χ0v) is 10.8. The molecule has 1 heterocycles. The van der Waals surface area contributed by atoms with Crippen molar-refractivity contribution in [1.82, 2.24) is 4.90 Å². The predicted octanol–water partition coefficient (Wildman–Crippen LogP) is 1.93. The largest absolute Gasteiger partial charge is 0.490 e. The predicted molar refractivity (Wildman–Crippen MR) is 70.2 cm³/mol. The van der Waals surface area contributed by atoms with Gasteiger partial charge in [0.2, 0.25) is 0 Å². The van der Waals surface area contributed by atoms with Crippen LogP contribution in [0.3, 0.4) is 0 Å². The Morgan fingerprint density at radius 1 is 1.35 bits per heavy atom. The molecule has 1 aliphatic heterocycles. The molecular weight excluding hydrogens is 212 g/mol. The van der Waals surface area contributed by atoms with E-state index in [1.54, 1.807) is 0 Å². The van der Waals surface area contributed by atoms with Gasteiger partial charge < -0.3 is 15.4 Å². The highest BCUT2D eigenvalue weighted by atomic mass is 16.5. The quantitative estimate of drug-likeness (QED) is 0.868. The molecule has 2 N–H and O–H groups in total. The Labute approximate surface area is 104 Å².